The van der Waals surface area contributed by atoms with Crippen LogP contribution in [0.1, 0.15) is 18.4 Å². The third-order valence-electron chi connectivity index (χ3n) is 4.08. The third kappa shape index (κ3) is 5.25. The Bertz CT molecular complexity index is 626. The number of carbonyl (C=O) groups excluding carboxylic acids is 1. The fourth-order valence-electron chi connectivity index (χ4n) is 2.70. The Morgan fingerprint density at radius 2 is 1.71 bits per heavy atom. The van der Waals surface area contributed by atoms with E-state index in [-0.39, 0.29) is 24.2 Å². The van der Waals surface area contributed by atoms with Crippen LogP contribution in [0.5, 0.6) is 5.75 Å². The van der Waals surface area contributed by atoms with Crippen molar-refractivity contribution in [1.82, 2.24) is 5.32 Å². The van der Waals surface area contributed by atoms with Gasteiger partial charge in [-0.2, -0.15) is 0 Å². The van der Waals surface area contributed by atoms with E-state index in [1.54, 1.807) is 0 Å². The Balaban J connectivity index is 0.00000208. The van der Waals surface area contributed by atoms with E-state index in [4.69, 9.17) is 4.74 Å². The summed E-state index contributed by atoms with van der Waals surface area (Å²) < 4.78 is 5.75. The van der Waals surface area contributed by atoms with Crippen LogP contribution in [0, 0.1) is 5.92 Å². The average Bonchev–Trinajstić information content (AvgIpc) is 2.63. The average molecular weight is 347 g/mol. The van der Waals surface area contributed by atoms with E-state index >= 15 is 0 Å². The van der Waals surface area contributed by atoms with Crippen molar-refractivity contribution in [3.63, 3.8) is 0 Å². The Kier molecular flexibility index (Phi) is 7.09. The maximum Gasteiger partial charge on any atom is 0.227 e. The molecule has 0 aliphatic carbocycles. The normalized spacial score (nSPS) is 14.5. The number of rotatable bonds is 5. The number of ether oxygens (including phenoxy) is 1. The molecule has 2 aromatic rings. The van der Waals surface area contributed by atoms with E-state index in [2.05, 4.69) is 10.6 Å². The molecule has 24 heavy (non-hydrogen) atoms. The lowest BCUT2D eigenvalue weighted by Gasteiger charge is -2.21. The highest BCUT2D eigenvalue weighted by atomic mass is 35.5. The van der Waals surface area contributed by atoms with Gasteiger partial charge in [0.05, 0.1) is 0 Å². The molecule has 0 aromatic heterocycles. The first-order valence-electron chi connectivity index (χ1n) is 8.09. The highest BCUT2D eigenvalue weighted by Gasteiger charge is 2.20. The molecule has 3 rings (SSSR count). The summed E-state index contributed by atoms with van der Waals surface area (Å²) >= 11 is 0. The zero-order chi connectivity index (χ0) is 15.9. The van der Waals surface area contributed by atoms with E-state index in [1.807, 2.05) is 54.6 Å². The molecule has 0 bridgehead atoms. The van der Waals surface area contributed by atoms with Gasteiger partial charge in [0, 0.05) is 11.6 Å². The van der Waals surface area contributed by atoms with Crippen molar-refractivity contribution in [2.24, 2.45) is 5.92 Å². The fourth-order valence-corrected chi connectivity index (χ4v) is 2.70. The number of anilines is 1. The summed E-state index contributed by atoms with van der Waals surface area (Å²) in [7, 11) is 0. The van der Waals surface area contributed by atoms with Crippen LogP contribution in [0.2, 0.25) is 0 Å². The van der Waals surface area contributed by atoms with Gasteiger partial charge < -0.3 is 15.4 Å². The smallest absolute Gasteiger partial charge is 0.227 e. The molecule has 4 nitrogen and oxygen atoms in total. The number of hydrogen-bond acceptors (Lipinski definition) is 3. The molecule has 0 radical (unpaired) electrons. The molecule has 1 aliphatic heterocycles. The van der Waals surface area contributed by atoms with Gasteiger partial charge in [0.25, 0.3) is 0 Å². The Morgan fingerprint density at radius 1 is 1.04 bits per heavy atom. The van der Waals surface area contributed by atoms with Crippen molar-refractivity contribution >= 4 is 24.0 Å². The summed E-state index contributed by atoms with van der Waals surface area (Å²) in [5.74, 6) is 1.03. The summed E-state index contributed by atoms with van der Waals surface area (Å²) in [4.78, 5) is 12.2. The van der Waals surface area contributed by atoms with Gasteiger partial charge in [0.1, 0.15) is 12.4 Å². The highest BCUT2D eigenvalue weighted by Crippen LogP contribution is 2.19. The molecule has 1 saturated heterocycles. The summed E-state index contributed by atoms with van der Waals surface area (Å²) in [6, 6.07) is 17.6. The molecule has 2 N–H and O–H groups in total. The van der Waals surface area contributed by atoms with Crippen LogP contribution in [0.4, 0.5) is 5.69 Å². The van der Waals surface area contributed by atoms with Crippen LogP contribution >= 0.6 is 12.4 Å². The van der Waals surface area contributed by atoms with Gasteiger partial charge in [-0.05, 0) is 55.8 Å². The molecule has 1 fully saturated rings. The minimum Gasteiger partial charge on any atom is -0.489 e. The molecule has 5 heteroatoms. The van der Waals surface area contributed by atoms with E-state index in [0.29, 0.717) is 6.61 Å². The number of carbonyl (C=O) groups is 1. The van der Waals surface area contributed by atoms with E-state index in [9.17, 15) is 4.79 Å². The second-order valence-corrected chi connectivity index (χ2v) is 5.81. The predicted octanol–water partition coefficient (Wildman–Crippen LogP) is 3.63. The lowest BCUT2D eigenvalue weighted by atomic mass is 9.97. The molecule has 2 aromatic carbocycles. The molecule has 0 atom stereocenters. The topological polar surface area (TPSA) is 50.4 Å². The standard InChI is InChI=1S/C19H22N2O2.ClH/c22-19(16-10-12-20-13-11-16)21-17-6-8-18(9-7-17)23-14-15-4-2-1-3-5-15;/h1-9,16,20H,10-14H2,(H,21,22);1H. The maximum absolute atomic E-state index is 12.2. The number of benzene rings is 2. The molecule has 1 heterocycles. The minimum absolute atomic E-state index is 0. The first-order chi connectivity index (χ1) is 11.3. The number of halogens is 1. The van der Waals surface area contributed by atoms with Gasteiger partial charge in [-0.1, -0.05) is 30.3 Å². The number of nitrogens with one attached hydrogen (secondary N) is 2. The zero-order valence-electron chi connectivity index (χ0n) is 13.5. The van der Waals surface area contributed by atoms with Crippen molar-refractivity contribution in [2.45, 2.75) is 19.4 Å². The predicted molar refractivity (Wildman–Crippen MR) is 98.7 cm³/mol. The van der Waals surface area contributed by atoms with Crippen molar-refractivity contribution in [2.75, 3.05) is 18.4 Å². The summed E-state index contributed by atoms with van der Waals surface area (Å²) in [6.45, 7) is 2.39. The van der Waals surface area contributed by atoms with Crippen LogP contribution in [0.15, 0.2) is 54.6 Å². The van der Waals surface area contributed by atoms with Gasteiger partial charge in [-0.25, -0.2) is 0 Å². The quantitative estimate of drug-likeness (QED) is 0.869. The van der Waals surface area contributed by atoms with Gasteiger partial charge >= 0.3 is 0 Å². The van der Waals surface area contributed by atoms with Gasteiger partial charge in [0.2, 0.25) is 5.91 Å². The summed E-state index contributed by atoms with van der Waals surface area (Å²) in [5, 5.41) is 6.26. The zero-order valence-corrected chi connectivity index (χ0v) is 14.4. The molecule has 1 amide bonds. The van der Waals surface area contributed by atoms with Crippen molar-refractivity contribution < 1.29 is 9.53 Å². The second-order valence-electron chi connectivity index (χ2n) is 5.81. The number of piperidine rings is 1. The Morgan fingerprint density at radius 3 is 2.38 bits per heavy atom. The van der Waals surface area contributed by atoms with E-state index in [0.717, 1.165) is 42.9 Å². The minimum atomic E-state index is 0. The lowest BCUT2D eigenvalue weighted by molar-refractivity contribution is -0.120. The largest absolute Gasteiger partial charge is 0.489 e. The Hall–Kier alpha value is -2.04. The van der Waals surface area contributed by atoms with Crippen LogP contribution in [-0.4, -0.2) is 19.0 Å². The first kappa shape index (κ1) is 18.3. The fraction of sp³-hybridized carbons (Fsp3) is 0.316. The molecule has 128 valence electrons. The third-order valence-corrected chi connectivity index (χ3v) is 4.08. The van der Waals surface area contributed by atoms with Crippen LogP contribution in [-0.2, 0) is 11.4 Å². The molecular formula is C19H23ClN2O2. The lowest BCUT2D eigenvalue weighted by Crippen LogP contribution is -2.34. The van der Waals surface area contributed by atoms with Crippen LogP contribution in [0.25, 0.3) is 0 Å². The van der Waals surface area contributed by atoms with Crippen LogP contribution in [0.3, 0.4) is 0 Å². The SMILES string of the molecule is Cl.O=C(Nc1ccc(OCc2ccccc2)cc1)C1CCNCC1. The second kappa shape index (κ2) is 9.30. The maximum atomic E-state index is 12.2. The van der Waals surface area contributed by atoms with E-state index in [1.165, 1.54) is 0 Å². The molecule has 0 spiro atoms. The first-order valence-corrected chi connectivity index (χ1v) is 8.09. The number of amides is 1. The molecule has 1 aliphatic rings. The van der Waals surface area contributed by atoms with Gasteiger partial charge in [0.15, 0.2) is 0 Å². The summed E-state index contributed by atoms with van der Waals surface area (Å²) in [5.41, 5.74) is 1.95. The number of hydrogen-bond donors (Lipinski definition) is 2. The van der Waals surface area contributed by atoms with Gasteiger partial charge in [-0.15, -0.1) is 12.4 Å². The van der Waals surface area contributed by atoms with Gasteiger partial charge in [-0.3, -0.25) is 4.79 Å². The monoisotopic (exact) mass is 346 g/mol. The summed E-state index contributed by atoms with van der Waals surface area (Å²) in [6.07, 6.45) is 1.81. The molecule has 0 unspecified atom stereocenters. The molecule has 0 saturated carbocycles. The Labute approximate surface area is 149 Å². The molecular weight excluding hydrogens is 324 g/mol. The highest BCUT2D eigenvalue weighted by molar-refractivity contribution is 5.92. The van der Waals surface area contributed by atoms with Crippen molar-refractivity contribution in [1.29, 1.82) is 0 Å². The van der Waals surface area contributed by atoms with Crippen LogP contribution < -0.4 is 15.4 Å². The van der Waals surface area contributed by atoms with Crippen molar-refractivity contribution in [3.05, 3.63) is 60.2 Å². The van der Waals surface area contributed by atoms with Crippen molar-refractivity contribution in [3.8, 4) is 5.75 Å². The van der Waals surface area contributed by atoms with E-state index < -0.39 is 0 Å².